The second kappa shape index (κ2) is 6.70. The predicted octanol–water partition coefficient (Wildman–Crippen LogP) is 2.55. The molecule has 3 aliphatic rings. The Morgan fingerprint density at radius 1 is 1.23 bits per heavy atom. The Morgan fingerprint density at radius 2 is 1.97 bits per heavy atom. The lowest BCUT2D eigenvalue weighted by molar-refractivity contribution is -0.157. The number of rotatable bonds is 0. The number of esters is 1. The molecule has 6 rings (SSSR count). The average molecular weight is 423 g/mol. The first kappa shape index (κ1) is 19.8. The SMILES string of the molecule is CC.Cc1c(F)cc2nc3c(c4c2c1CC4N)Cn1c-3cc2c(c1=O)COC(=O)C2O. The molecule has 0 radical (unpaired) electrons. The van der Waals surface area contributed by atoms with Crippen LogP contribution in [-0.2, 0) is 29.1 Å². The van der Waals surface area contributed by atoms with Crippen LogP contribution in [0.4, 0.5) is 4.39 Å². The quantitative estimate of drug-likeness (QED) is 0.421. The molecule has 7 nitrogen and oxygen atoms in total. The van der Waals surface area contributed by atoms with Gasteiger partial charge in [0.05, 0.1) is 29.0 Å². The molecule has 3 N–H and O–H groups in total. The maximum atomic E-state index is 14.5. The summed E-state index contributed by atoms with van der Waals surface area (Å²) in [5.41, 5.74) is 11.3. The minimum atomic E-state index is -1.51. The van der Waals surface area contributed by atoms with E-state index in [-0.39, 0.29) is 35.2 Å². The number of ether oxygens (including phenoxy) is 1. The van der Waals surface area contributed by atoms with E-state index < -0.39 is 12.1 Å². The maximum Gasteiger partial charge on any atom is 0.340 e. The highest BCUT2D eigenvalue weighted by Crippen LogP contribution is 2.45. The summed E-state index contributed by atoms with van der Waals surface area (Å²) >= 11 is 0. The van der Waals surface area contributed by atoms with Crippen LogP contribution in [0.3, 0.4) is 0 Å². The molecule has 2 atom stereocenters. The summed E-state index contributed by atoms with van der Waals surface area (Å²) in [5, 5.41) is 11.1. The van der Waals surface area contributed by atoms with Crippen molar-refractivity contribution in [1.29, 1.82) is 0 Å². The molecule has 0 saturated carbocycles. The smallest absolute Gasteiger partial charge is 0.340 e. The van der Waals surface area contributed by atoms with Crippen molar-refractivity contribution in [1.82, 2.24) is 9.55 Å². The summed E-state index contributed by atoms with van der Waals surface area (Å²) in [7, 11) is 0. The Hall–Kier alpha value is -3.10. The zero-order valence-corrected chi connectivity index (χ0v) is 17.5. The molecule has 1 aliphatic carbocycles. The average Bonchev–Trinajstić information content (AvgIpc) is 3.30. The second-order valence-corrected chi connectivity index (χ2v) is 7.88. The normalized spacial score (nSPS) is 20.0. The fourth-order valence-corrected chi connectivity index (χ4v) is 4.96. The number of carbonyl (C=O) groups excluding carboxylic acids is 1. The van der Waals surface area contributed by atoms with Crippen molar-refractivity contribution in [2.75, 3.05) is 0 Å². The molecular weight excluding hydrogens is 401 g/mol. The lowest BCUT2D eigenvalue weighted by Gasteiger charge is -2.21. The van der Waals surface area contributed by atoms with E-state index in [2.05, 4.69) is 4.98 Å². The second-order valence-electron chi connectivity index (χ2n) is 7.88. The van der Waals surface area contributed by atoms with Crippen molar-refractivity contribution >= 4 is 16.9 Å². The minimum Gasteiger partial charge on any atom is -0.458 e. The van der Waals surface area contributed by atoms with Gasteiger partial charge in [0.1, 0.15) is 12.4 Å². The number of aliphatic hydroxyl groups is 1. The van der Waals surface area contributed by atoms with E-state index in [0.29, 0.717) is 35.4 Å². The predicted molar refractivity (Wildman–Crippen MR) is 112 cm³/mol. The van der Waals surface area contributed by atoms with Gasteiger partial charge in [0, 0.05) is 28.6 Å². The van der Waals surface area contributed by atoms with Crippen LogP contribution in [0.2, 0.25) is 0 Å². The number of benzene rings is 1. The van der Waals surface area contributed by atoms with E-state index in [1.807, 2.05) is 13.8 Å². The Kier molecular flexibility index (Phi) is 4.29. The number of halogens is 1. The number of hydrogen-bond acceptors (Lipinski definition) is 6. The molecule has 2 aromatic heterocycles. The van der Waals surface area contributed by atoms with E-state index in [0.717, 1.165) is 22.1 Å². The van der Waals surface area contributed by atoms with E-state index in [1.54, 1.807) is 17.6 Å². The summed E-state index contributed by atoms with van der Waals surface area (Å²) in [6.45, 7) is 5.87. The zero-order valence-electron chi connectivity index (χ0n) is 17.5. The van der Waals surface area contributed by atoms with Gasteiger partial charge >= 0.3 is 5.97 Å². The maximum absolute atomic E-state index is 14.5. The van der Waals surface area contributed by atoms with Crippen LogP contribution in [-0.4, -0.2) is 20.6 Å². The van der Waals surface area contributed by atoms with E-state index in [1.165, 1.54) is 6.07 Å². The van der Waals surface area contributed by atoms with Crippen LogP contribution in [0.5, 0.6) is 0 Å². The van der Waals surface area contributed by atoms with E-state index in [9.17, 15) is 19.1 Å². The van der Waals surface area contributed by atoms with Gasteiger partial charge in [0.2, 0.25) is 0 Å². The van der Waals surface area contributed by atoms with Crippen LogP contribution in [0.15, 0.2) is 16.9 Å². The molecule has 31 heavy (non-hydrogen) atoms. The first-order chi connectivity index (χ1) is 14.9. The summed E-state index contributed by atoms with van der Waals surface area (Å²) in [4.78, 5) is 29.5. The molecule has 3 aromatic rings. The highest BCUT2D eigenvalue weighted by molar-refractivity contribution is 5.94. The van der Waals surface area contributed by atoms with Gasteiger partial charge in [-0.05, 0) is 36.1 Å². The number of pyridine rings is 2. The van der Waals surface area contributed by atoms with Gasteiger partial charge < -0.3 is 20.1 Å². The van der Waals surface area contributed by atoms with Crippen LogP contribution in [0.1, 0.15) is 59.4 Å². The standard InChI is InChI=1S/C21H16FN3O4.C2H6/c1-7-8-2-13(23)16-10-5-25-15(18(10)24-14(17(8)16)4-12(7)22)3-9-11(20(25)27)6-29-21(28)19(9)26;1-2/h3-4,13,19,26H,2,5-6,23H2,1H3;1-2H3. The summed E-state index contributed by atoms with van der Waals surface area (Å²) in [6, 6.07) is 2.71. The molecule has 0 saturated heterocycles. The Bertz CT molecular complexity index is 1360. The Labute approximate surface area is 177 Å². The van der Waals surface area contributed by atoms with Crippen LogP contribution in [0.25, 0.3) is 22.3 Å². The molecule has 1 aromatic carbocycles. The van der Waals surface area contributed by atoms with Crippen molar-refractivity contribution < 1.29 is 19.0 Å². The lowest BCUT2D eigenvalue weighted by Crippen LogP contribution is -2.32. The van der Waals surface area contributed by atoms with Crippen molar-refractivity contribution in [2.24, 2.45) is 5.73 Å². The Morgan fingerprint density at radius 3 is 2.71 bits per heavy atom. The van der Waals surface area contributed by atoms with Crippen LogP contribution >= 0.6 is 0 Å². The largest absolute Gasteiger partial charge is 0.458 e. The molecule has 2 unspecified atom stereocenters. The van der Waals surface area contributed by atoms with Gasteiger partial charge in [0.15, 0.2) is 6.10 Å². The highest BCUT2D eigenvalue weighted by Gasteiger charge is 2.37. The van der Waals surface area contributed by atoms with Gasteiger partial charge in [-0.2, -0.15) is 0 Å². The molecule has 0 fully saturated rings. The fraction of sp³-hybridized carbons (Fsp3) is 0.348. The number of aliphatic hydroxyl groups excluding tert-OH is 1. The number of hydrogen-bond donors (Lipinski definition) is 2. The number of aromatic nitrogens is 2. The first-order valence-corrected chi connectivity index (χ1v) is 10.4. The van der Waals surface area contributed by atoms with E-state index >= 15 is 0 Å². The Balaban J connectivity index is 0.000000994. The van der Waals surface area contributed by atoms with Gasteiger partial charge in [-0.3, -0.25) is 4.79 Å². The number of nitrogens with two attached hydrogens (primary N) is 1. The third-order valence-electron chi connectivity index (χ3n) is 6.41. The molecule has 0 amide bonds. The van der Waals surface area contributed by atoms with Crippen LogP contribution < -0.4 is 11.3 Å². The molecule has 0 spiro atoms. The van der Waals surface area contributed by atoms with Crippen molar-refractivity contribution in [3.63, 3.8) is 0 Å². The van der Waals surface area contributed by atoms with Gasteiger partial charge in [-0.1, -0.05) is 13.8 Å². The fourth-order valence-electron chi connectivity index (χ4n) is 4.96. The molecule has 8 heteroatoms. The summed E-state index contributed by atoms with van der Waals surface area (Å²) in [6.07, 6.45) is -0.984. The highest BCUT2D eigenvalue weighted by atomic mass is 19.1. The number of carbonyl (C=O) groups is 1. The third kappa shape index (κ3) is 2.49. The number of nitrogens with zero attached hydrogens (tertiary/aromatic N) is 2. The van der Waals surface area contributed by atoms with Crippen LogP contribution in [0, 0.1) is 12.7 Å². The number of fused-ring (bicyclic) bond motifs is 5. The van der Waals surface area contributed by atoms with Gasteiger partial charge in [0.25, 0.3) is 5.56 Å². The monoisotopic (exact) mass is 423 g/mol. The summed E-state index contributed by atoms with van der Waals surface area (Å²) in [5.74, 6) is -1.12. The molecule has 2 aliphatic heterocycles. The summed E-state index contributed by atoms with van der Waals surface area (Å²) < 4.78 is 20.9. The molecule has 160 valence electrons. The third-order valence-corrected chi connectivity index (χ3v) is 6.41. The first-order valence-electron chi connectivity index (χ1n) is 10.4. The topological polar surface area (TPSA) is 107 Å². The van der Waals surface area contributed by atoms with Crippen molar-refractivity contribution in [2.45, 2.75) is 52.5 Å². The minimum absolute atomic E-state index is 0.170. The molecule has 4 heterocycles. The van der Waals surface area contributed by atoms with Gasteiger partial charge in [-0.15, -0.1) is 0 Å². The zero-order chi connectivity index (χ0) is 22.2. The van der Waals surface area contributed by atoms with Crippen molar-refractivity contribution in [3.8, 4) is 11.4 Å². The van der Waals surface area contributed by atoms with Crippen molar-refractivity contribution in [3.05, 3.63) is 61.7 Å². The molecule has 0 bridgehead atoms. The lowest BCUT2D eigenvalue weighted by atomic mass is 9.98. The van der Waals surface area contributed by atoms with Gasteiger partial charge in [-0.25, -0.2) is 14.2 Å². The molecular formula is C23H22FN3O4. The number of cyclic esters (lactones) is 1. The van der Waals surface area contributed by atoms with E-state index in [4.69, 9.17) is 10.5 Å².